The van der Waals surface area contributed by atoms with Gasteiger partial charge >= 0.3 is 0 Å². The highest BCUT2D eigenvalue weighted by molar-refractivity contribution is 5.53. The van der Waals surface area contributed by atoms with Gasteiger partial charge in [0.1, 0.15) is 11.5 Å². The van der Waals surface area contributed by atoms with Gasteiger partial charge in [-0.2, -0.15) is 0 Å². The monoisotopic (exact) mass is 216 g/mol. The second kappa shape index (κ2) is 4.79. The van der Waals surface area contributed by atoms with E-state index in [-0.39, 0.29) is 0 Å². The molecule has 0 fully saturated rings. The summed E-state index contributed by atoms with van der Waals surface area (Å²) in [6, 6.07) is 5.94. The number of aromatic nitrogens is 3. The summed E-state index contributed by atoms with van der Waals surface area (Å²) < 4.78 is 2.08. The lowest BCUT2D eigenvalue weighted by molar-refractivity contribution is 0.768. The number of anilines is 1. The standard InChI is InChI=1S/C12H16N4/c1-3-13-11-7-5-6-10(15-11)12-14-8-9-16(12)4-2/h5-9H,3-4H2,1-2H3,(H,13,15). The maximum Gasteiger partial charge on any atom is 0.158 e. The molecule has 0 saturated heterocycles. The molecule has 84 valence electrons. The van der Waals surface area contributed by atoms with Crippen LogP contribution in [-0.2, 0) is 6.54 Å². The van der Waals surface area contributed by atoms with Gasteiger partial charge in [0.2, 0.25) is 0 Å². The molecule has 16 heavy (non-hydrogen) atoms. The summed E-state index contributed by atoms with van der Waals surface area (Å²) in [6.07, 6.45) is 3.78. The average Bonchev–Trinajstić information content (AvgIpc) is 2.78. The Labute approximate surface area is 95.4 Å². The van der Waals surface area contributed by atoms with Gasteiger partial charge in [0.05, 0.1) is 0 Å². The van der Waals surface area contributed by atoms with Gasteiger partial charge in [-0.3, -0.25) is 0 Å². The minimum atomic E-state index is 0.874. The van der Waals surface area contributed by atoms with Crippen molar-refractivity contribution in [1.29, 1.82) is 0 Å². The second-order valence-corrected chi connectivity index (χ2v) is 3.48. The van der Waals surface area contributed by atoms with Crippen molar-refractivity contribution in [2.75, 3.05) is 11.9 Å². The third-order valence-electron chi connectivity index (χ3n) is 2.39. The minimum Gasteiger partial charge on any atom is -0.370 e. The topological polar surface area (TPSA) is 42.7 Å². The molecule has 2 aromatic rings. The molecule has 2 aromatic heterocycles. The predicted molar refractivity (Wildman–Crippen MR) is 65.3 cm³/mol. The van der Waals surface area contributed by atoms with Crippen LogP contribution in [0.15, 0.2) is 30.6 Å². The summed E-state index contributed by atoms with van der Waals surface area (Å²) in [7, 11) is 0. The molecule has 0 radical (unpaired) electrons. The largest absolute Gasteiger partial charge is 0.370 e. The quantitative estimate of drug-likeness (QED) is 0.853. The highest BCUT2D eigenvalue weighted by Crippen LogP contribution is 2.16. The van der Waals surface area contributed by atoms with Crippen LogP contribution < -0.4 is 5.32 Å². The van der Waals surface area contributed by atoms with Gasteiger partial charge in [-0.25, -0.2) is 9.97 Å². The molecule has 0 aliphatic heterocycles. The van der Waals surface area contributed by atoms with E-state index in [0.717, 1.165) is 30.4 Å². The summed E-state index contributed by atoms with van der Waals surface area (Å²) in [5, 5.41) is 3.20. The van der Waals surface area contributed by atoms with E-state index in [0.29, 0.717) is 0 Å². The van der Waals surface area contributed by atoms with Crippen molar-refractivity contribution in [3.8, 4) is 11.5 Å². The van der Waals surface area contributed by atoms with Crippen LogP contribution in [0.3, 0.4) is 0 Å². The maximum absolute atomic E-state index is 4.52. The summed E-state index contributed by atoms with van der Waals surface area (Å²) in [5.41, 5.74) is 0.908. The lowest BCUT2D eigenvalue weighted by Gasteiger charge is -2.06. The van der Waals surface area contributed by atoms with Gasteiger partial charge in [0.15, 0.2) is 5.82 Å². The lowest BCUT2D eigenvalue weighted by atomic mass is 10.3. The lowest BCUT2D eigenvalue weighted by Crippen LogP contribution is -2.02. The molecular formula is C12H16N4. The highest BCUT2D eigenvalue weighted by atomic mass is 15.1. The van der Waals surface area contributed by atoms with Gasteiger partial charge in [0.25, 0.3) is 0 Å². The Morgan fingerprint density at radius 3 is 2.94 bits per heavy atom. The van der Waals surface area contributed by atoms with E-state index in [1.54, 1.807) is 6.20 Å². The molecule has 4 nitrogen and oxygen atoms in total. The van der Waals surface area contributed by atoms with E-state index in [9.17, 15) is 0 Å². The van der Waals surface area contributed by atoms with E-state index in [1.807, 2.05) is 24.4 Å². The Morgan fingerprint density at radius 2 is 2.19 bits per heavy atom. The van der Waals surface area contributed by atoms with Crippen molar-refractivity contribution in [3.63, 3.8) is 0 Å². The molecule has 0 unspecified atom stereocenters. The zero-order valence-corrected chi connectivity index (χ0v) is 9.64. The Kier molecular flexibility index (Phi) is 3.19. The van der Waals surface area contributed by atoms with Crippen LogP contribution in [0.5, 0.6) is 0 Å². The van der Waals surface area contributed by atoms with E-state index < -0.39 is 0 Å². The fourth-order valence-electron chi connectivity index (χ4n) is 1.64. The van der Waals surface area contributed by atoms with Crippen molar-refractivity contribution in [3.05, 3.63) is 30.6 Å². The normalized spacial score (nSPS) is 10.4. The van der Waals surface area contributed by atoms with Gasteiger partial charge in [-0.05, 0) is 26.0 Å². The Bertz CT molecular complexity index is 462. The molecule has 0 amide bonds. The predicted octanol–water partition coefficient (Wildman–Crippen LogP) is 2.40. The molecule has 0 saturated carbocycles. The SMILES string of the molecule is CCNc1cccc(-c2nccn2CC)n1. The molecule has 0 aliphatic rings. The van der Waals surface area contributed by atoms with Crippen molar-refractivity contribution in [1.82, 2.24) is 14.5 Å². The first kappa shape index (κ1) is 10.7. The number of hydrogen-bond donors (Lipinski definition) is 1. The van der Waals surface area contributed by atoms with Crippen LogP contribution in [0.4, 0.5) is 5.82 Å². The first-order valence-corrected chi connectivity index (χ1v) is 5.57. The van der Waals surface area contributed by atoms with Crippen LogP contribution >= 0.6 is 0 Å². The Hall–Kier alpha value is -1.84. The van der Waals surface area contributed by atoms with Gasteiger partial charge in [0, 0.05) is 25.5 Å². The van der Waals surface area contributed by atoms with Crippen LogP contribution in [0.1, 0.15) is 13.8 Å². The van der Waals surface area contributed by atoms with Crippen LogP contribution in [0.2, 0.25) is 0 Å². The molecule has 0 aromatic carbocycles. The summed E-state index contributed by atoms with van der Waals surface area (Å²) >= 11 is 0. The minimum absolute atomic E-state index is 0.874. The third kappa shape index (κ3) is 2.05. The number of imidazole rings is 1. The third-order valence-corrected chi connectivity index (χ3v) is 2.39. The average molecular weight is 216 g/mol. The number of aryl methyl sites for hydroxylation is 1. The van der Waals surface area contributed by atoms with Crippen molar-refractivity contribution in [2.24, 2.45) is 0 Å². The van der Waals surface area contributed by atoms with Crippen LogP contribution in [-0.4, -0.2) is 21.1 Å². The highest BCUT2D eigenvalue weighted by Gasteiger charge is 2.06. The maximum atomic E-state index is 4.52. The van der Waals surface area contributed by atoms with E-state index >= 15 is 0 Å². The van der Waals surface area contributed by atoms with Crippen LogP contribution in [0, 0.1) is 0 Å². The van der Waals surface area contributed by atoms with E-state index in [4.69, 9.17) is 0 Å². The molecule has 0 atom stereocenters. The number of hydrogen-bond acceptors (Lipinski definition) is 3. The molecular weight excluding hydrogens is 200 g/mol. The molecule has 4 heteroatoms. The van der Waals surface area contributed by atoms with Crippen molar-refractivity contribution in [2.45, 2.75) is 20.4 Å². The molecule has 0 spiro atoms. The number of nitrogens with zero attached hydrogens (tertiary/aromatic N) is 3. The fourth-order valence-corrected chi connectivity index (χ4v) is 1.64. The molecule has 0 aliphatic carbocycles. The van der Waals surface area contributed by atoms with Crippen molar-refractivity contribution >= 4 is 5.82 Å². The van der Waals surface area contributed by atoms with Crippen molar-refractivity contribution < 1.29 is 0 Å². The fraction of sp³-hybridized carbons (Fsp3) is 0.333. The molecule has 1 N–H and O–H groups in total. The summed E-state index contributed by atoms with van der Waals surface area (Å²) in [5.74, 6) is 1.81. The molecule has 2 heterocycles. The Morgan fingerprint density at radius 1 is 1.31 bits per heavy atom. The summed E-state index contributed by atoms with van der Waals surface area (Å²) in [6.45, 7) is 5.93. The summed E-state index contributed by atoms with van der Waals surface area (Å²) in [4.78, 5) is 8.85. The first-order valence-electron chi connectivity index (χ1n) is 5.57. The second-order valence-electron chi connectivity index (χ2n) is 3.48. The molecule has 0 bridgehead atoms. The zero-order chi connectivity index (χ0) is 11.4. The van der Waals surface area contributed by atoms with E-state index in [1.165, 1.54) is 0 Å². The van der Waals surface area contributed by atoms with Gasteiger partial charge < -0.3 is 9.88 Å². The van der Waals surface area contributed by atoms with Gasteiger partial charge in [-0.1, -0.05) is 6.07 Å². The molecule has 2 rings (SSSR count). The first-order chi connectivity index (χ1) is 7.85. The number of rotatable bonds is 4. The number of nitrogens with one attached hydrogen (secondary N) is 1. The van der Waals surface area contributed by atoms with E-state index in [2.05, 4.69) is 33.7 Å². The van der Waals surface area contributed by atoms with Gasteiger partial charge in [-0.15, -0.1) is 0 Å². The number of pyridine rings is 1. The van der Waals surface area contributed by atoms with Crippen LogP contribution in [0.25, 0.3) is 11.5 Å². The smallest absolute Gasteiger partial charge is 0.158 e. The Balaban J connectivity index is 2.36. The zero-order valence-electron chi connectivity index (χ0n) is 9.64.